The Hall–Kier alpha value is -3.82. The zero-order valence-electron chi connectivity index (χ0n) is 18.9. The van der Waals surface area contributed by atoms with Gasteiger partial charge in [-0.2, -0.15) is 0 Å². The van der Waals surface area contributed by atoms with Crippen molar-refractivity contribution in [1.82, 2.24) is 4.98 Å². The van der Waals surface area contributed by atoms with Crippen LogP contribution in [-0.4, -0.2) is 40.8 Å². The van der Waals surface area contributed by atoms with Crippen molar-refractivity contribution < 1.29 is 28.6 Å². The van der Waals surface area contributed by atoms with E-state index in [1.807, 2.05) is 6.07 Å². The molecule has 0 spiro atoms. The van der Waals surface area contributed by atoms with Crippen LogP contribution in [0.2, 0.25) is 0 Å². The Morgan fingerprint density at radius 3 is 2.77 bits per heavy atom. The lowest BCUT2D eigenvalue weighted by atomic mass is 9.96. The number of anilines is 1. The minimum absolute atomic E-state index is 0.0313. The maximum Gasteiger partial charge on any atom is 0.344 e. The number of nitrogens with two attached hydrogens (primary N) is 1. The number of hydrogen-bond donors (Lipinski definition) is 3. The summed E-state index contributed by atoms with van der Waals surface area (Å²) in [4.78, 5) is 28.5. The summed E-state index contributed by atoms with van der Waals surface area (Å²) in [6.07, 6.45) is 3.41. The molecule has 0 aliphatic heterocycles. The molecule has 1 aromatic heterocycles. The summed E-state index contributed by atoms with van der Waals surface area (Å²) in [5, 5.41) is 12.1. The molecule has 1 fully saturated rings. The third kappa shape index (κ3) is 6.20. The number of carbonyl (C=O) groups is 2. The predicted molar refractivity (Wildman–Crippen MR) is 127 cm³/mol. The van der Waals surface area contributed by atoms with Crippen molar-refractivity contribution in [2.45, 2.75) is 38.0 Å². The van der Waals surface area contributed by atoms with E-state index in [9.17, 15) is 19.1 Å². The van der Waals surface area contributed by atoms with Crippen molar-refractivity contribution in [2.75, 3.05) is 11.9 Å². The van der Waals surface area contributed by atoms with Gasteiger partial charge in [0.15, 0.2) is 12.4 Å². The maximum atomic E-state index is 13.9. The van der Waals surface area contributed by atoms with Gasteiger partial charge >= 0.3 is 5.97 Å². The lowest BCUT2D eigenvalue weighted by Gasteiger charge is -2.14. The molecule has 1 aliphatic rings. The first-order valence-electron chi connectivity index (χ1n) is 11.3. The molecule has 2 aromatic carbocycles. The van der Waals surface area contributed by atoms with Crippen LogP contribution in [-0.2, 0) is 16.1 Å². The standard InChI is InChI=1S/C26H26FN3O5/c27-23-14-29-9-8-24(23)30-26(33)17-4-5-18(13-28)22(11-17)16-2-1-3-20(10-16)34-15-25(32)35-21-7-6-19(31)12-21/h1-5,8-11,14,19,21,31H,6-7,12-13,15,28H2,(H,29,30,33). The number of nitrogens with one attached hydrogen (secondary N) is 1. The van der Waals surface area contributed by atoms with Crippen LogP contribution in [0.15, 0.2) is 60.9 Å². The van der Waals surface area contributed by atoms with E-state index in [1.165, 1.54) is 12.3 Å². The Morgan fingerprint density at radius 2 is 2.03 bits per heavy atom. The van der Waals surface area contributed by atoms with Crippen molar-refractivity contribution in [3.8, 4) is 16.9 Å². The van der Waals surface area contributed by atoms with Crippen LogP contribution >= 0.6 is 0 Å². The summed E-state index contributed by atoms with van der Waals surface area (Å²) >= 11 is 0. The van der Waals surface area contributed by atoms with E-state index in [0.717, 1.165) is 17.3 Å². The number of esters is 1. The van der Waals surface area contributed by atoms with Crippen molar-refractivity contribution >= 4 is 17.6 Å². The Bertz CT molecular complexity index is 1220. The number of aliphatic hydroxyl groups is 1. The van der Waals surface area contributed by atoms with E-state index in [2.05, 4.69) is 10.3 Å². The molecule has 0 bridgehead atoms. The van der Waals surface area contributed by atoms with Crippen LogP contribution in [0.3, 0.4) is 0 Å². The maximum absolute atomic E-state index is 13.9. The molecule has 1 aliphatic carbocycles. The molecule has 8 nitrogen and oxygen atoms in total. The third-order valence-corrected chi connectivity index (χ3v) is 5.77. The van der Waals surface area contributed by atoms with Gasteiger partial charge < -0.3 is 25.6 Å². The minimum atomic E-state index is -0.632. The Kier molecular flexibility index (Phi) is 7.69. The second-order valence-electron chi connectivity index (χ2n) is 8.28. The van der Waals surface area contributed by atoms with Crippen LogP contribution in [0.1, 0.15) is 35.2 Å². The zero-order chi connectivity index (χ0) is 24.8. The number of nitrogens with zero attached hydrogens (tertiary/aromatic N) is 1. The van der Waals surface area contributed by atoms with E-state index in [-0.39, 0.29) is 24.9 Å². The SMILES string of the molecule is NCc1ccc(C(=O)Nc2ccncc2F)cc1-c1cccc(OCC(=O)OC2CCC(O)C2)c1. The Labute approximate surface area is 201 Å². The van der Waals surface area contributed by atoms with Crippen LogP contribution in [0.4, 0.5) is 10.1 Å². The van der Waals surface area contributed by atoms with Gasteiger partial charge in [0, 0.05) is 24.7 Å². The number of carbonyl (C=O) groups excluding carboxylic acids is 2. The van der Waals surface area contributed by atoms with Crippen LogP contribution in [0.5, 0.6) is 5.75 Å². The quantitative estimate of drug-likeness (QED) is 0.423. The highest BCUT2D eigenvalue weighted by Gasteiger charge is 2.26. The van der Waals surface area contributed by atoms with Crippen molar-refractivity contribution in [3.63, 3.8) is 0 Å². The monoisotopic (exact) mass is 479 g/mol. The highest BCUT2D eigenvalue weighted by molar-refractivity contribution is 6.05. The molecule has 1 heterocycles. The molecule has 3 aromatic rings. The summed E-state index contributed by atoms with van der Waals surface area (Å²) in [6.45, 7) is -0.0272. The molecule has 1 saturated carbocycles. The highest BCUT2D eigenvalue weighted by atomic mass is 19.1. The smallest absolute Gasteiger partial charge is 0.344 e. The average molecular weight is 480 g/mol. The molecule has 35 heavy (non-hydrogen) atoms. The lowest BCUT2D eigenvalue weighted by Crippen LogP contribution is -2.21. The lowest BCUT2D eigenvalue weighted by molar-refractivity contribution is -0.151. The van der Waals surface area contributed by atoms with Crippen molar-refractivity contribution in [3.05, 3.63) is 77.9 Å². The molecule has 2 atom stereocenters. The van der Waals surface area contributed by atoms with Gasteiger partial charge in [-0.15, -0.1) is 0 Å². The molecule has 0 radical (unpaired) electrons. The van der Waals surface area contributed by atoms with Crippen molar-refractivity contribution in [2.24, 2.45) is 5.73 Å². The highest BCUT2D eigenvalue weighted by Crippen LogP contribution is 2.29. The molecule has 4 rings (SSSR count). The molecule has 9 heteroatoms. The van der Waals surface area contributed by atoms with Crippen LogP contribution < -0.4 is 15.8 Å². The first kappa shape index (κ1) is 24.3. The topological polar surface area (TPSA) is 124 Å². The number of rotatable bonds is 8. The van der Waals surface area contributed by atoms with Crippen molar-refractivity contribution in [1.29, 1.82) is 0 Å². The van der Waals surface area contributed by atoms with Gasteiger partial charge in [-0.05, 0) is 59.9 Å². The molecular formula is C26H26FN3O5. The summed E-state index contributed by atoms with van der Waals surface area (Å²) < 4.78 is 24.8. The van der Waals surface area contributed by atoms with E-state index in [1.54, 1.807) is 36.4 Å². The number of halogens is 1. The summed E-state index contributed by atoms with van der Waals surface area (Å²) in [5.74, 6) is -1.17. The van der Waals surface area contributed by atoms with E-state index in [0.29, 0.717) is 36.1 Å². The summed E-state index contributed by atoms with van der Waals surface area (Å²) in [7, 11) is 0. The van der Waals surface area contributed by atoms with Gasteiger partial charge in [0.2, 0.25) is 0 Å². The molecule has 0 saturated heterocycles. The van der Waals surface area contributed by atoms with Gasteiger partial charge in [0.25, 0.3) is 5.91 Å². The van der Waals surface area contributed by atoms with Gasteiger partial charge in [-0.1, -0.05) is 18.2 Å². The third-order valence-electron chi connectivity index (χ3n) is 5.77. The second kappa shape index (κ2) is 11.1. The zero-order valence-corrected chi connectivity index (χ0v) is 18.9. The summed E-state index contributed by atoms with van der Waals surface area (Å²) in [5.41, 5.74) is 8.51. The first-order valence-corrected chi connectivity index (χ1v) is 11.3. The number of amides is 1. The number of aliphatic hydroxyl groups excluding tert-OH is 1. The molecular weight excluding hydrogens is 453 g/mol. The number of ether oxygens (including phenoxy) is 2. The number of benzene rings is 2. The van der Waals surface area contributed by atoms with E-state index < -0.39 is 23.8 Å². The number of hydrogen-bond acceptors (Lipinski definition) is 7. The minimum Gasteiger partial charge on any atom is -0.482 e. The number of aromatic nitrogens is 1. The van der Waals surface area contributed by atoms with Gasteiger partial charge in [0.1, 0.15) is 11.9 Å². The Morgan fingerprint density at radius 1 is 1.17 bits per heavy atom. The molecule has 182 valence electrons. The Balaban J connectivity index is 1.47. The first-order chi connectivity index (χ1) is 16.9. The fraction of sp³-hybridized carbons (Fsp3) is 0.269. The van der Waals surface area contributed by atoms with E-state index in [4.69, 9.17) is 15.2 Å². The second-order valence-corrected chi connectivity index (χ2v) is 8.28. The predicted octanol–water partition coefficient (Wildman–Crippen LogP) is 3.43. The van der Waals surface area contributed by atoms with Crippen LogP contribution in [0.25, 0.3) is 11.1 Å². The molecule has 4 N–H and O–H groups in total. The fourth-order valence-corrected chi connectivity index (χ4v) is 3.98. The largest absolute Gasteiger partial charge is 0.482 e. The molecule has 1 amide bonds. The van der Waals surface area contributed by atoms with E-state index >= 15 is 0 Å². The van der Waals surface area contributed by atoms with Gasteiger partial charge in [-0.3, -0.25) is 9.78 Å². The normalized spacial score (nSPS) is 17.1. The average Bonchev–Trinajstić information content (AvgIpc) is 3.28. The fourth-order valence-electron chi connectivity index (χ4n) is 3.98. The van der Waals surface area contributed by atoms with Crippen LogP contribution in [0, 0.1) is 5.82 Å². The van der Waals surface area contributed by atoms with Gasteiger partial charge in [-0.25, -0.2) is 9.18 Å². The number of pyridine rings is 1. The van der Waals surface area contributed by atoms with Gasteiger partial charge in [0.05, 0.1) is 18.0 Å². The summed E-state index contributed by atoms with van der Waals surface area (Å²) in [6, 6.07) is 13.5. The molecule has 2 unspecified atom stereocenters.